The summed E-state index contributed by atoms with van der Waals surface area (Å²) in [7, 11) is 0. The summed E-state index contributed by atoms with van der Waals surface area (Å²) < 4.78 is 12.8. The van der Waals surface area contributed by atoms with Crippen molar-refractivity contribution in [1.29, 1.82) is 0 Å². The zero-order chi connectivity index (χ0) is 29.7. The van der Waals surface area contributed by atoms with Crippen LogP contribution in [0, 0.1) is 0 Å². The lowest BCUT2D eigenvalue weighted by Crippen LogP contribution is -2.10. The second-order valence-corrected chi connectivity index (χ2v) is 11.2. The van der Waals surface area contributed by atoms with E-state index in [1.165, 1.54) is 21.9 Å². The first kappa shape index (κ1) is 25.4. The Bertz CT molecular complexity index is 2480. The molecule has 0 aliphatic heterocycles. The highest BCUT2D eigenvalue weighted by molar-refractivity contribution is 6.13. The number of hydrogen-bond donors (Lipinski definition) is 0. The molecule has 9 rings (SSSR count). The van der Waals surface area contributed by atoms with Crippen LogP contribution in [0.4, 0.5) is 17.1 Å². The number of para-hydroxylation sites is 2. The van der Waals surface area contributed by atoms with Gasteiger partial charge in [0, 0.05) is 33.8 Å². The minimum atomic E-state index is 0.602. The number of aromatic nitrogens is 1. The molecule has 0 amide bonds. The summed E-state index contributed by atoms with van der Waals surface area (Å²) >= 11 is 0. The van der Waals surface area contributed by atoms with E-state index < -0.39 is 0 Å². The Morgan fingerprint density at radius 3 is 1.98 bits per heavy atom. The summed E-state index contributed by atoms with van der Waals surface area (Å²) in [5.74, 6) is 0.602. The lowest BCUT2D eigenvalue weighted by molar-refractivity contribution is 0.620. The number of anilines is 3. The van der Waals surface area contributed by atoms with Gasteiger partial charge in [0.05, 0.1) is 5.69 Å². The van der Waals surface area contributed by atoms with Crippen LogP contribution in [0.1, 0.15) is 0 Å². The number of rotatable bonds is 5. The molecule has 45 heavy (non-hydrogen) atoms. The number of oxazole rings is 1. The van der Waals surface area contributed by atoms with E-state index in [1.54, 1.807) is 0 Å². The predicted molar refractivity (Wildman–Crippen MR) is 184 cm³/mol. The molecule has 2 aromatic heterocycles. The third-order valence-electron chi connectivity index (χ3n) is 8.47. The van der Waals surface area contributed by atoms with Crippen molar-refractivity contribution in [3.05, 3.63) is 158 Å². The Morgan fingerprint density at radius 1 is 0.444 bits per heavy atom. The van der Waals surface area contributed by atoms with Gasteiger partial charge in [-0.05, 0) is 76.5 Å². The van der Waals surface area contributed by atoms with E-state index in [0.29, 0.717) is 5.89 Å². The van der Waals surface area contributed by atoms with Crippen molar-refractivity contribution in [2.24, 2.45) is 0 Å². The van der Waals surface area contributed by atoms with Crippen LogP contribution in [-0.2, 0) is 0 Å². The van der Waals surface area contributed by atoms with Gasteiger partial charge in [-0.15, -0.1) is 0 Å². The van der Waals surface area contributed by atoms with E-state index in [2.05, 4.69) is 114 Å². The summed E-state index contributed by atoms with van der Waals surface area (Å²) in [6.07, 6.45) is 0. The first-order valence-electron chi connectivity index (χ1n) is 15.0. The normalized spacial score (nSPS) is 11.6. The molecule has 7 aromatic carbocycles. The summed E-state index contributed by atoms with van der Waals surface area (Å²) in [6.45, 7) is 0. The van der Waals surface area contributed by atoms with Gasteiger partial charge in [0.2, 0.25) is 5.89 Å². The van der Waals surface area contributed by atoms with Crippen LogP contribution in [0.15, 0.2) is 167 Å². The van der Waals surface area contributed by atoms with Crippen LogP contribution in [0.5, 0.6) is 0 Å². The second-order valence-electron chi connectivity index (χ2n) is 11.2. The molecule has 2 heterocycles. The van der Waals surface area contributed by atoms with Crippen molar-refractivity contribution in [2.45, 2.75) is 0 Å². The zero-order valence-corrected chi connectivity index (χ0v) is 24.2. The van der Waals surface area contributed by atoms with E-state index in [4.69, 9.17) is 13.8 Å². The van der Waals surface area contributed by atoms with Crippen LogP contribution < -0.4 is 4.90 Å². The highest BCUT2D eigenvalue weighted by Gasteiger charge is 2.20. The minimum absolute atomic E-state index is 0.602. The highest BCUT2D eigenvalue weighted by Crippen LogP contribution is 2.43. The molecule has 0 fully saturated rings. The summed E-state index contributed by atoms with van der Waals surface area (Å²) in [4.78, 5) is 7.02. The molecule has 4 nitrogen and oxygen atoms in total. The van der Waals surface area contributed by atoms with Crippen molar-refractivity contribution in [3.8, 4) is 22.6 Å². The molecule has 0 spiro atoms. The molecule has 0 radical (unpaired) electrons. The molecule has 0 saturated carbocycles. The van der Waals surface area contributed by atoms with Gasteiger partial charge in [0.25, 0.3) is 0 Å². The number of nitrogens with zero attached hydrogens (tertiary/aromatic N) is 2. The maximum atomic E-state index is 6.64. The maximum Gasteiger partial charge on any atom is 0.227 e. The van der Waals surface area contributed by atoms with E-state index in [9.17, 15) is 0 Å². The predicted octanol–water partition coefficient (Wildman–Crippen LogP) is 11.7. The van der Waals surface area contributed by atoms with Crippen LogP contribution in [0.25, 0.3) is 66.4 Å². The standard InChI is InChI=1S/C41H26N2O2/c1-3-11-29(12-4-1)41-42-36-26-38-35(25-39(36)45-41)34-16-9-17-37(40(34)44-38)43(32-14-5-2-6-15-32)33-22-20-28(21-23-33)31-19-18-27-10-7-8-13-30(27)24-31/h1-26H. The fourth-order valence-electron chi connectivity index (χ4n) is 6.26. The second kappa shape index (κ2) is 10.2. The van der Waals surface area contributed by atoms with E-state index in [1.807, 2.05) is 48.5 Å². The molecular formula is C41H26N2O2. The Morgan fingerprint density at radius 2 is 1.16 bits per heavy atom. The van der Waals surface area contributed by atoms with Crippen LogP contribution in [-0.4, -0.2) is 4.98 Å². The average molecular weight is 579 g/mol. The smallest absolute Gasteiger partial charge is 0.227 e. The Hall–Kier alpha value is -6.13. The van der Waals surface area contributed by atoms with Crippen LogP contribution in [0.3, 0.4) is 0 Å². The number of furan rings is 1. The summed E-state index contributed by atoms with van der Waals surface area (Å²) in [5.41, 5.74) is 9.45. The van der Waals surface area contributed by atoms with Gasteiger partial charge in [0.15, 0.2) is 11.2 Å². The van der Waals surface area contributed by atoms with Crippen molar-refractivity contribution in [3.63, 3.8) is 0 Å². The maximum absolute atomic E-state index is 6.64. The molecule has 0 saturated heterocycles. The van der Waals surface area contributed by atoms with Crippen LogP contribution in [0.2, 0.25) is 0 Å². The van der Waals surface area contributed by atoms with Crippen molar-refractivity contribution in [2.75, 3.05) is 4.90 Å². The number of hydrogen-bond acceptors (Lipinski definition) is 4. The van der Waals surface area contributed by atoms with Gasteiger partial charge in [-0.25, -0.2) is 4.98 Å². The Balaban J connectivity index is 1.16. The van der Waals surface area contributed by atoms with Gasteiger partial charge < -0.3 is 13.7 Å². The monoisotopic (exact) mass is 578 g/mol. The average Bonchev–Trinajstić information content (AvgIpc) is 3.69. The number of fused-ring (bicyclic) bond motifs is 5. The van der Waals surface area contributed by atoms with Gasteiger partial charge >= 0.3 is 0 Å². The summed E-state index contributed by atoms with van der Waals surface area (Å²) in [6, 6.07) is 54.6. The largest absolute Gasteiger partial charge is 0.454 e. The van der Waals surface area contributed by atoms with Gasteiger partial charge in [0.1, 0.15) is 11.1 Å². The van der Waals surface area contributed by atoms with E-state index in [-0.39, 0.29) is 0 Å². The molecule has 212 valence electrons. The molecule has 0 atom stereocenters. The fraction of sp³-hybridized carbons (Fsp3) is 0. The van der Waals surface area contributed by atoms with Gasteiger partial charge in [-0.3, -0.25) is 0 Å². The summed E-state index contributed by atoms with van der Waals surface area (Å²) in [5, 5.41) is 4.50. The van der Waals surface area contributed by atoms with Crippen LogP contribution >= 0.6 is 0 Å². The number of benzene rings is 7. The molecular weight excluding hydrogens is 552 g/mol. The molecule has 4 heteroatoms. The fourth-order valence-corrected chi connectivity index (χ4v) is 6.26. The van der Waals surface area contributed by atoms with Crippen molar-refractivity contribution in [1.82, 2.24) is 4.98 Å². The van der Waals surface area contributed by atoms with E-state index in [0.717, 1.165) is 55.7 Å². The third-order valence-corrected chi connectivity index (χ3v) is 8.47. The highest BCUT2D eigenvalue weighted by atomic mass is 16.4. The Kier molecular flexibility index (Phi) is 5.78. The quantitative estimate of drug-likeness (QED) is 0.204. The molecule has 9 aromatic rings. The first-order valence-corrected chi connectivity index (χ1v) is 15.0. The molecule has 0 N–H and O–H groups in total. The molecule has 0 bridgehead atoms. The van der Waals surface area contributed by atoms with Crippen molar-refractivity contribution >= 4 is 60.9 Å². The van der Waals surface area contributed by atoms with Gasteiger partial charge in [-0.1, -0.05) is 97.1 Å². The van der Waals surface area contributed by atoms with Crippen molar-refractivity contribution < 1.29 is 8.83 Å². The first-order chi connectivity index (χ1) is 22.3. The van der Waals surface area contributed by atoms with Gasteiger partial charge in [-0.2, -0.15) is 0 Å². The minimum Gasteiger partial charge on any atom is -0.454 e. The SMILES string of the molecule is c1ccc(-c2nc3cc4oc5c(N(c6ccccc6)c6ccc(-c7ccc8ccccc8c7)cc6)cccc5c4cc3o2)cc1. The Labute approximate surface area is 259 Å². The molecule has 0 aliphatic rings. The lowest BCUT2D eigenvalue weighted by Gasteiger charge is -2.25. The van der Waals surface area contributed by atoms with E-state index >= 15 is 0 Å². The lowest BCUT2D eigenvalue weighted by atomic mass is 10.0. The molecule has 0 unspecified atom stereocenters. The third kappa shape index (κ3) is 4.35. The topological polar surface area (TPSA) is 42.4 Å². The molecule has 0 aliphatic carbocycles. The zero-order valence-electron chi connectivity index (χ0n) is 24.2.